The molecule has 0 spiro atoms. The molecule has 0 saturated carbocycles. The Balaban J connectivity index is 2.28. The molecular weight excluding hydrogens is 262 g/mol. The Morgan fingerprint density at radius 1 is 1.21 bits per heavy atom. The normalized spacial score (nSPS) is 10.2. The van der Waals surface area contributed by atoms with Gasteiger partial charge in [0.25, 0.3) is 0 Å². The van der Waals surface area contributed by atoms with Crippen LogP contribution in [0.4, 0.5) is 5.69 Å². The maximum atomic E-state index is 12.3. The van der Waals surface area contributed by atoms with Gasteiger partial charge < -0.3 is 10.5 Å². The quantitative estimate of drug-likeness (QED) is 0.686. The lowest BCUT2D eigenvalue weighted by molar-refractivity contribution is 0.103. The number of carbonyl (C=O) groups is 1. The predicted octanol–water partition coefficient (Wildman–Crippen LogP) is 3.55. The lowest BCUT2D eigenvalue weighted by Crippen LogP contribution is -2.03. The van der Waals surface area contributed by atoms with Crippen molar-refractivity contribution in [3.63, 3.8) is 0 Å². The summed E-state index contributed by atoms with van der Waals surface area (Å²) in [4.78, 5) is 12.3. The van der Waals surface area contributed by atoms with Gasteiger partial charge in [0, 0.05) is 16.8 Å². The number of halogens is 1. The number of carbonyl (C=O) groups excluding carboxylic acids is 1. The van der Waals surface area contributed by atoms with Crippen LogP contribution < -0.4 is 10.5 Å². The van der Waals surface area contributed by atoms with Crippen molar-refractivity contribution in [2.45, 2.75) is 6.92 Å². The second-order valence-electron chi connectivity index (χ2n) is 4.03. The van der Waals surface area contributed by atoms with Crippen molar-refractivity contribution in [3.05, 3.63) is 58.6 Å². The second kappa shape index (κ2) is 5.76. The third-order valence-corrected chi connectivity index (χ3v) is 2.98. The van der Waals surface area contributed by atoms with Crippen molar-refractivity contribution < 1.29 is 9.53 Å². The first-order chi connectivity index (χ1) is 9.11. The first-order valence-electron chi connectivity index (χ1n) is 5.94. The first kappa shape index (κ1) is 13.4. The molecule has 0 unspecified atom stereocenters. The minimum atomic E-state index is -0.131. The summed E-state index contributed by atoms with van der Waals surface area (Å²) in [5.41, 5.74) is 7.15. The molecule has 0 radical (unpaired) electrons. The van der Waals surface area contributed by atoms with Crippen LogP contribution >= 0.6 is 11.6 Å². The Hall–Kier alpha value is -2.00. The Bertz CT molecular complexity index is 594. The summed E-state index contributed by atoms with van der Waals surface area (Å²) in [5.74, 6) is 0.607. The highest BCUT2D eigenvalue weighted by atomic mass is 35.5. The van der Waals surface area contributed by atoms with Crippen molar-refractivity contribution in [3.8, 4) is 5.75 Å². The molecule has 0 aliphatic carbocycles. The van der Waals surface area contributed by atoms with E-state index >= 15 is 0 Å². The van der Waals surface area contributed by atoms with Gasteiger partial charge in [0.15, 0.2) is 5.78 Å². The van der Waals surface area contributed by atoms with Gasteiger partial charge in [-0.05, 0) is 49.4 Å². The number of ketones is 1. The van der Waals surface area contributed by atoms with Crippen molar-refractivity contribution in [2.75, 3.05) is 12.3 Å². The highest BCUT2D eigenvalue weighted by molar-refractivity contribution is 6.35. The zero-order valence-electron chi connectivity index (χ0n) is 10.5. The fourth-order valence-corrected chi connectivity index (χ4v) is 2.02. The molecule has 4 heteroatoms. The van der Waals surface area contributed by atoms with Crippen LogP contribution in [0.25, 0.3) is 0 Å². The molecule has 0 bridgehead atoms. The molecule has 0 saturated heterocycles. The van der Waals surface area contributed by atoms with Gasteiger partial charge in [0.1, 0.15) is 5.75 Å². The van der Waals surface area contributed by atoms with E-state index in [1.807, 2.05) is 6.92 Å². The van der Waals surface area contributed by atoms with E-state index in [9.17, 15) is 4.79 Å². The number of hydrogen-bond acceptors (Lipinski definition) is 3. The van der Waals surface area contributed by atoms with Gasteiger partial charge in [-0.3, -0.25) is 4.79 Å². The fourth-order valence-electron chi connectivity index (χ4n) is 1.74. The molecule has 0 amide bonds. The van der Waals surface area contributed by atoms with Gasteiger partial charge in [-0.25, -0.2) is 0 Å². The van der Waals surface area contributed by atoms with E-state index in [0.29, 0.717) is 28.4 Å². The maximum Gasteiger partial charge on any atom is 0.194 e. The SMILES string of the molecule is CCOc1ccc(C(=O)c2ccc(N)cc2Cl)cc1. The third kappa shape index (κ3) is 3.06. The van der Waals surface area contributed by atoms with Crippen LogP contribution in [0.1, 0.15) is 22.8 Å². The molecular formula is C15H14ClNO2. The summed E-state index contributed by atoms with van der Waals surface area (Å²) in [7, 11) is 0. The van der Waals surface area contributed by atoms with E-state index in [0.717, 1.165) is 5.75 Å². The van der Waals surface area contributed by atoms with Gasteiger partial charge >= 0.3 is 0 Å². The average Bonchev–Trinajstić information content (AvgIpc) is 2.39. The molecule has 2 aromatic rings. The zero-order valence-corrected chi connectivity index (χ0v) is 11.3. The molecule has 2 rings (SSSR count). The summed E-state index contributed by atoms with van der Waals surface area (Å²) >= 11 is 6.03. The van der Waals surface area contributed by atoms with Crippen molar-refractivity contribution in [1.29, 1.82) is 0 Å². The zero-order chi connectivity index (χ0) is 13.8. The number of ether oxygens (including phenoxy) is 1. The van der Waals surface area contributed by atoms with E-state index in [-0.39, 0.29) is 5.78 Å². The van der Waals surface area contributed by atoms with Crippen LogP contribution in [0.15, 0.2) is 42.5 Å². The molecule has 2 aromatic carbocycles. The monoisotopic (exact) mass is 275 g/mol. The lowest BCUT2D eigenvalue weighted by Gasteiger charge is -2.06. The predicted molar refractivity (Wildman–Crippen MR) is 76.9 cm³/mol. The standard InChI is InChI=1S/C15H14ClNO2/c1-2-19-12-6-3-10(4-7-12)15(18)13-8-5-11(17)9-14(13)16/h3-9H,2,17H2,1H3. The molecule has 0 fully saturated rings. The van der Waals surface area contributed by atoms with Crippen LogP contribution in [-0.4, -0.2) is 12.4 Å². The maximum absolute atomic E-state index is 12.3. The number of nitrogens with two attached hydrogens (primary N) is 1. The highest BCUT2D eigenvalue weighted by Crippen LogP contribution is 2.23. The number of anilines is 1. The molecule has 98 valence electrons. The number of nitrogen functional groups attached to an aromatic ring is 1. The van der Waals surface area contributed by atoms with E-state index in [1.54, 1.807) is 42.5 Å². The number of rotatable bonds is 4. The fraction of sp³-hybridized carbons (Fsp3) is 0.133. The van der Waals surface area contributed by atoms with Crippen molar-refractivity contribution >= 4 is 23.1 Å². The summed E-state index contributed by atoms with van der Waals surface area (Å²) in [6.45, 7) is 2.50. The van der Waals surface area contributed by atoms with Crippen molar-refractivity contribution in [2.24, 2.45) is 0 Å². The molecule has 3 nitrogen and oxygen atoms in total. The smallest absolute Gasteiger partial charge is 0.194 e. The minimum absolute atomic E-state index is 0.131. The van der Waals surface area contributed by atoms with Crippen LogP contribution in [0.2, 0.25) is 5.02 Å². The summed E-state index contributed by atoms with van der Waals surface area (Å²) < 4.78 is 5.33. The van der Waals surface area contributed by atoms with Crippen LogP contribution in [0.3, 0.4) is 0 Å². The molecule has 0 aromatic heterocycles. The van der Waals surface area contributed by atoms with Gasteiger partial charge in [0.2, 0.25) is 0 Å². The Labute approximate surface area is 117 Å². The van der Waals surface area contributed by atoms with E-state index in [2.05, 4.69) is 0 Å². The van der Waals surface area contributed by atoms with Gasteiger partial charge in [0.05, 0.1) is 11.6 Å². The van der Waals surface area contributed by atoms with Crippen LogP contribution in [0.5, 0.6) is 5.75 Å². The summed E-state index contributed by atoms with van der Waals surface area (Å²) in [6, 6.07) is 11.8. The summed E-state index contributed by atoms with van der Waals surface area (Å²) in [5, 5.41) is 0.360. The largest absolute Gasteiger partial charge is 0.494 e. The highest BCUT2D eigenvalue weighted by Gasteiger charge is 2.12. The van der Waals surface area contributed by atoms with Gasteiger partial charge in [-0.2, -0.15) is 0 Å². The topological polar surface area (TPSA) is 52.3 Å². The van der Waals surface area contributed by atoms with Crippen molar-refractivity contribution in [1.82, 2.24) is 0 Å². The number of hydrogen-bond donors (Lipinski definition) is 1. The minimum Gasteiger partial charge on any atom is -0.494 e. The van der Waals surface area contributed by atoms with E-state index in [1.165, 1.54) is 0 Å². The Kier molecular flexibility index (Phi) is 4.07. The first-order valence-corrected chi connectivity index (χ1v) is 6.32. The average molecular weight is 276 g/mol. The Morgan fingerprint density at radius 2 is 1.89 bits per heavy atom. The second-order valence-corrected chi connectivity index (χ2v) is 4.43. The third-order valence-electron chi connectivity index (χ3n) is 2.67. The molecule has 0 heterocycles. The molecule has 0 atom stereocenters. The number of benzene rings is 2. The lowest BCUT2D eigenvalue weighted by atomic mass is 10.0. The van der Waals surface area contributed by atoms with E-state index in [4.69, 9.17) is 22.1 Å². The van der Waals surface area contributed by atoms with Crippen LogP contribution in [-0.2, 0) is 0 Å². The van der Waals surface area contributed by atoms with Crippen LogP contribution in [0, 0.1) is 0 Å². The van der Waals surface area contributed by atoms with E-state index < -0.39 is 0 Å². The Morgan fingerprint density at radius 3 is 2.47 bits per heavy atom. The summed E-state index contributed by atoms with van der Waals surface area (Å²) in [6.07, 6.45) is 0. The molecule has 2 N–H and O–H groups in total. The van der Waals surface area contributed by atoms with Gasteiger partial charge in [-0.15, -0.1) is 0 Å². The molecule has 19 heavy (non-hydrogen) atoms. The molecule has 0 aliphatic heterocycles. The molecule has 0 aliphatic rings. The van der Waals surface area contributed by atoms with Gasteiger partial charge in [-0.1, -0.05) is 11.6 Å².